The van der Waals surface area contributed by atoms with Gasteiger partial charge in [-0.1, -0.05) is 18.2 Å². The molecule has 2 N–H and O–H groups in total. The maximum atomic E-state index is 13.9. The van der Waals surface area contributed by atoms with Crippen LogP contribution in [-0.4, -0.2) is 45.3 Å². The standard InChI is InChI=1S/C24H30FN3O4.HI/c1-30-23(29)9-4-5-13-26-24(27-14-12-18-7-2-3-8-20(18)25)28-19-10-11-21-22(17-19)32-16-6-15-31-21;/h2-3,7-8,10-11,17H,4-6,9,12-16H2,1H3,(H2,26,27,28);1H. The predicted octanol–water partition coefficient (Wildman–Crippen LogP) is 4.55. The number of carbonyl (C=O) groups is 1. The van der Waals surface area contributed by atoms with Crippen LogP contribution in [0.4, 0.5) is 10.1 Å². The molecule has 3 rings (SSSR count). The highest BCUT2D eigenvalue weighted by Crippen LogP contribution is 2.32. The summed E-state index contributed by atoms with van der Waals surface area (Å²) >= 11 is 0. The zero-order valence-corrected chi connectivity index (χ0v) is 21.1. The normalized spacial score (nSPS) is 12.8. The van der Waals surface area contributed by atoms with E-state index in [4.69, 9.17) is 9.47 Å². The van der Waals surface area contributed by atoms with E-state index in [1.807, 2.05) is 24.3 Å². The van der Waals surface area contributed by atoms with Crippen LogP contribution in [0.3, 0.4) is 0 Å². The molecule has 0 unspecified atom stereocenters. The van der Waals surface area contributed by atoms with Gasteiger partial charge < -0.3 is 24.8 Å². The van der Waals surface area contributed by atoms with Crippen molar-refractivity contribution in [3.05, 3.63) is 53.8 Å². The Morgan fingerprint density at radius 2 is 1.91 bits per heavy atom. The van der Waals surface area contributed by atoms with Crippen LogP contribution in [0.25, 0.3) is 0 Å². The first kappa shape index (κ1) is 26.7. The lowest BCUT2D eigenvalue weighted by molar-refractivity contribution is -0.140. The van der Waals surface area contributed by atoms with E-state index in [2.05, 4.69) is 20.4 Å². The Bertz CT molecular complexity index is 926. The molecule has 0 aliphatic carbocycles. The van der Waals surface area contributed by atoms with Crippen LogP contribution < -0.4 is 20.1 Å². The first-order valence-corrected chi connectivity index (χ1v) is 10.9. The van der Waals surface area contributed by atoms with E-state index in [0.29, 0.717) is 62.8 Å². The lowest BCUT2D eigenvalue weighted by Crippen LogP contribution is -2.32. The van der Waals surface area contributed by atoms with Crippen molar-refractivity contribution in [1.82, 2.24) is 5.32 Å². The van der Waals surface area contributed by atoms with E-state index in [1.165, 1.54) is 13.2 Å². The Hall–Kier alpha value is -2.56. The number of nitrogens with zero attached hydrogens (tertiary/aromatic N) is 1. The monoisotopic (exact) mass is 571 g/mol. The number of hydrogen-bond acceptors (Lipinski definition) is 5. The number of methoxy groups -OCH3 is 1. The van der Waals surface area contributed by atoms with Gasteiger partial charge in [0.1, 0.15) is 5.82 Å². The van der Waals surface area contributed by atoms with Gasteiger partial charge in [-0.2, -0.15) is 0 Å². The molecule has 0 atom stereocenters. The summed E-state index contributed by atoms with van der Waals surface area (Å²) in [6.45, 7) is 2.30. The van der Waals surface area contributed by atoms with E-state index in [-0.39, 0.29) is 35.8 Å². The summed E-state index contributed by atoms with van der Waals surface area (Å²) in [6, 6.07) is 12.4. The average Bonchev–Trinajstić information content (AvgIpc) is 3.04. The highest BCUT2D eigenvalue weighted by molar-refractivity contribution is 14.0. The van der Waals surface area contributed by atoms with Crippen molar-refractivity contribution >= 4 is 41.6 Å². The molecule has 1 aliphatic rings. The molecule has 0 fully saturated rings. The number of nitrogens with one attached hydrogen (secondary N) is 2. The molecule has 0 aromatic heterocycles. The molecule has 0 saturated carbocycles. The number of guanidine groups is 1. The predicted molar refractivity (Wildman–Crippen MR) is 137 cm³/mol. The van der Waals surface area contributed by atoms with Crippen molar-refractivity contribution in [2.45, 2.75) is 32.1 Å². The SMILES string of the molecule is COC(=O)CCCCN=C(NCCc1ccccc1F)Nc1ccc2c(c1)OCCCO2.I. The number of benzene rings is 2. The minimum atomic E-state index is -0.220. The van der Waals surface area contributed by atoms with Gasteiger partial charge in [0.15, 0.2) is 17.5 Å². The third kappa shape index (κ3) is 9.07. The summed E-state index contributed by atoms with van der Waals surface area (Å²) in [6.07, 6.45) is 3.18. The molecule has 1 heterocycles. The number of halogens is 2. The van der Waals surface area contributed by atoms with Gasteiger partial charge in [0.2, 0.25) is 0 Å². The fraction of sp³-hybridized carbons (Fsp3) is 0.417. The number of aliphatic imine (C=N–C) groups is 1. The minimum Gasteiger partial charge on any atom is -0.490 e. The van der Waals surface area contributed by atoms with E-state index in [0.717, 1.165) is 24.3 Å². The second-order valence-electron chi connectivity index (χ2n) is 7.37. The lowest BCUT2D eigenvalue weighted by Gasteiger charge is -2.15. The molecule has 2 aromatic carbocycles. The molecule has 0 amide bonds. The van der Waals surface area contributed by atoms with E-state index in [9.17, 15) is 9.18 Å². The van der Waals surface area contributed by atoms with Crippen LogP contribution in [0.2, 0.25) is 0 Å². The van der Waals surface area contributed by atoms with Crippen LogP contribution >= 0.6 is 24.0 Å². The molecule has 33 heavy (non-hydrogen) atoms. The lowest BCUT2D eigenvalue weighted by atomic mass is 10.1. The summed E-state index contributed by atoms with van der Waals surface area (Å²) in [7, 11) is 1.39. The van der Waals surface area contributed by atoms with Gasteiger partial charge >= 0.3 is 5.97 Å². The van der Waals surface area contributed by atoms with Crippen LogP contribution in [-0.2, 0) is 16.0 Å². The highest BCUT2D eigenvalue weighted by atomic mass is 127. The van der Waals surface area contributed by atoms with Crippen molar-refractivity contribution in [3.63, 3.8) is 0 Å². The number of carbonyl (C=O) groups excluding carboxylic acids is 1. The average molecular weight is 571 g/mol. The largest absolute Gasteiger partial charge is 0.490 e. The Kier molecular flexibility index (Phi) is 11.8. The van der Waals surface area contributed by atoms with Crippen molar-refractivity contribution in [2.24, 2.45) is 4.99 Å². The van der Waals surface area contributed by atoms with Gasteiger partial charge in [-0.15, -0.1) is 24.0 Å². The van der Waals surface area contributed by atoms with Gasteiger partial charge in [0.25, 0.3) is 0 Å². The molecule has 0 saturated heterocycles. The zero-order chi connectivity index (χ0) is 22.6. The molecule has 0 spiro atoms. The molecule has 9 heteroatoms. The van der Waals surface area contributed by atoms with Gasteiger partial charge in [0, 0.05) is 37.7 Å². The third-order valence-corrected chi connectivity index (χ3v) is 4.94. The Morgan fingerprint density at radius 1 is 1.12 bits per heavy atom. The van der Waals surface area contributed by atoms with E-state index >= 15 is 0 Å². The second kappa shape index (κ2) is 14.6. The van der Waals surface area contributed by atoms with Crippen molar-refractivity contribution in [2.75, 3.05) is 38.7 Å². The summed E-state index contributed by atoms with van der Waals surface area (Å²) in [5.41, 5.74) is 1.45. The molecule has 0 radical (unpaired) electrons. The van der Waals surface area contributed by atoms with Crippen molar-refractivity contribution in [3.8, 4) is 11.5 Å². The Labute approximate surface area is 211 Å². The zero-order valence-electron chi connectivity index (χ0n) is 18.8. The topological polar surface area (TPSA) is 81.2 Å². The number of rotatable bonds is 9. The highest BCUT2D eigenvalue weighted by Gasteiger charge is 2.11. The summed E-state index contributed by atoms with van der Waals surface area (Å²) in [4.78, 5) is 15.9. The first-order chi connectivity index (χ1) is 15.7. The Balaban J connectivity index is 0.00000385. The molecule has 0 bridgehead atoms. The van der Waals surface area contributed by atoms with Crippen molar-refractivity contribution in [1.29, 1.82) is 0 Å². The maximum Gasteiger partial charge on any atom is 0.305 e. The fourth-order valence-electron chi connectivity index (χ4n) is 3.21. The third-order valence-electron chi connectivity index (χ3n) is 4.94. The van der Waals surface area contributed by atoms with Crippen LogP contribution in [0.5, 0.6) is 11.5 Å². The molecule has 7 nitrogen and oxygen atoms in total. The van der Waals surface area contributed by atoms with Gasteiger partial charge in [-0.05, 0) is 43.0 Å². The minimum absolute atomic E-state index is 0. The van der Waals surface area contributed by atoms with Crippen molar-refractivity contribution < 1.29 is 23.4 Å². The molecular weight excluding hydrogens is 540 g/mol. The van der Waals surface area contributed by atoms with Crippen LogP contribution in [0, 0.1) is 5.82 Å². The Morgan fingerprint density at radius 3 is 2.70 bits per heavy atom. The van der Waals surface area contributed by atoms with E-state index < -0.39 is 0 Å². The summed E-state index contributed by atoms with van der Waals surface area (Å²) in [5.74, 6) is 1.56. The molecule has 2 aromatic rings. The number of esters is 1. The summed E-state index contributed by atoms with van der Waals surface area (Å²) < 4.78 is 30.0. The number of hydrogen-bond donors (Lipinski definition) is 2. The number of unbranched alkanes of at least 4 members (excludes halogenated alkanes) is 1. The number of anilines is 1. The van der Waals surface area contributed by atoms with Crippen LogP contribution in [0.15, 0.2) is 47.5 Å². The van der Waals surface area contributed by atoms with E-state index in [1.54, 1.807) is 12.1 Å². The van der Waals surface area contributed by atoms with Gasteiger partial charge in [-0.3, -0.25) is 9.79 Å². The number of ether oxygens (including phenoxy) is 3. The van der Waals surface area contributed by atoms with Gasteiger partial charge in [-0.25, -0.2) is 4.39 Å². The molecule has 180 valence electrons. The molecular formula is C24H31FIN3O4. The smallest absolute Gasteiger partial charge is 0.305 e. The summed E-state index contributed by atoms with van der Waals surface area (Å²) in [5, 5.41) is 6.53. The van der Waals surface area contributed by atoms with Gasteiger partial charge in [0.05, 0.1) is 20.3 Å². The fourth-order valence-corrected chi connectivity index (χ4v) is 3.21. The van der Waals surface area contributed by atoms with Crippen LogP contribution in [0.1, 0.15) is 31.2 Å². The first-order valence-electron chi connectivity index (χ1n) is 10.9. The number of fused-ring (bicyclic) bond motifs is 1. The second-order valence-corrected chi connectivity index (χ2v) is 7.37. The maximum absolute atomic E-state index is 13.9. The quantitative estimate of drug-likeness (QED) is 0.151. The molecule has 1 aliphatic heterocycles.